The van der Waals surface area contributed by atoms with Crippen molar-refractivity contribution in [2.45, 2.75) is 25.3 Å². The number of nitrogens with zero attached hydrogens (tertiary/aromatic N) is 1. The molecule has 2 heterocycles. The molecule has 150 valence electrons. The first-order valence-electron chi connectivity index (χ1n) is 9.98. The Bertz CT molecular complexity index is 948. The molecule has 4 rings (SSSR count). The van der Waals surface area contributed by atoms with Gasteiger partial charge in [0.2, 0.25) is 0 Å². The lowest BCUT2D eigenvalue weighted by Gasteiger charge is -2.27. The molecule has 1 aliphatic rings. The fourth-order valence-electron chi connectivity index (χ4n) is 3.73. The molecule has 0 saturated carbocycles. The normalized spacial score (nSPS) is 19.0. The van der Waals surface area contributed by atoms with Crippen LogP contribution >= 0.6 is 11.3 Å². The molecule has 0 spiro atoms. The van der Waals surface area contributed by atoms with Crippen molar-refractivity contribution in [2.75, 3.05) is 19.6 Å². The second-order valence-electron chi connectivity index (χ2n) is 7.44. The van der Waals surface area contributed by atoms with E-state index in [0.29, 0.717) is 19.0 Å². The first-order chi connectivity index (χ1) is 14.2. The number of aromatic nitrogens is 1. The molecule has 0 aliphatic carbocycles. The van der Waals surface area contributed by atoms with Gasteiger partial charge < -0.3 is 10.2 Å². The third-order valence-corrected chi connectivity index (χ3v) is 6.51. The topological polar surface area (TPSA) is 75.5 Å². The maximum absolute atomic E-state index is 12.2. The third kappa shape index (κ3) is 5.19. The highest BCUT2D eigenvalue weighted by molar-refractivity contribution is 7.18. The maximum Gasteiger partial charge on any atom is 0.321 e. The predicted octanol–water partition coefficient (Wildman–Crippen LogP) is 2.08. The van der Waals surface area contributed by atoms with Crippen LogP contribution in [0.15, 0.2) is 54.6 Å². The van der Waals surface area contributed by atoms with Crippen LogP contribution in [0.25, 0.3) is 10.2 Å². The Morgan fingerprint density at radius 1 is 1.03 bits per heavy atom. The number of piperidine rings is 1. The van der Waals surface area contributed by atoms with Gasteiger partial charge in [-0.15, -0.1) is 11.3 Å². The number of hydrogen-bond acceptors (Lipinski definition) is 4. The van der Waals surface area contributed by atoms with Gasteiger partial charge in [-0.2, -0.15) is 0 Å². The van der Waals surface area contributed by atoms with Crippen LogP contribution in [-0.2, 0) is 11.3 Å². The van der Waals surface area contributed by atoms with E-state index in [-0.39, 0.29) is 5.91 Å². The molecule has 0 bridgehead atoms. The van der Waals surface area contributed by atoms with E-state index in [1.54, 1.807) is 11.3 Å². The third-order valence-electron chi connectivity index (χ3n) is 5.31. The van der Waals surface area contributed by atoms with Crippen LogP contribution in [-0.4, -0.2) is 36.6 Å². The highest BCUT2D eigenvalue weighted by atomic mass is 32.1. The van der Waals surface area contributed by atoms with Gasteiger partial charge in [0.05, 0.1) is 28.3 Å². The van der Waals surface area contributed by atoms with E-state index >= 15 is 0 Å². The molecule has 1 fully saturated rings. The summed E-state index contributed by atoms with van der Waals surface area (Å²) in [6.45, 7) is 2.56. The average Bonchev–Trinajstić information content (AvgIpc) is 3.18. The molecule has 0 radical (unpaired) electrons. The fourth-order valence-corrected chi connectivity index (χ4v) is 4.87. The molecule has 29 heavy (non-hydrogen) atoms. The van der Waals surface area contributed by atoms with E-state index in [9.17, 15) is 9.59 Å². The standard InChI is InChI=1S/C22H24N4O2S/c27-20(25-22(28)23-14-16-6-2-1-3-7-16)15-26-12-10-17(11-13-26)21-24-18-8-4-5-9-19(18)29-21/h1-9,17H,10-15H2,(H2,23,25,27,28)/p+1. The van der Waals surface area contributed by atoms with Crippen LogP contribution < -0.4 is 15.5 Å². The number of imide groups is 1. The van der Waals surface area contributed by atoms with E-state index in [4.69, 9.17) is 4.98 Å². The molecule has 0 atom stereocenters. The Morgan fingerprint density at radius 2 is 1.76 bits per heavy atom. The number of carbonyl (C=O) groups is 2. The quantitative estimate of drug-likeness (QED) is 0.604. The largest absolute Gasteiger partial charge is 0.334 e. The molecule has 1 aliphatic heterocycles. The number of carbonyl (C=O) groups excluding carboxylic acids is 2. The summed E-state index contributed by atoms with van der Waals surface area (Å²) < 4.78 is 1.23. The van der Waals surface area contributed by atoms with Crippen LogP contribution in [0.4, 0.5) is 4.79 Å². The summed E-state index contributed by atoms with van der Waals surface area (Å²) in [6, 6.07) is 17.4. The van der Waals surface area contributed by atoms with Gasteiger partial charge in [-0.25, -0.2) is 9.78 Å². The molecular formula is C22H25N4O2S+. The molecule has 6 nitrogen and oxygen atoms in total. The van der Waals surface area contributed by atoms with E-state index in [1.165, 1.54) is 14.6 Å². The second-order valence-corrected chi connectivity index (χ2v) is 8.50. The molecule has 3 aromatic rings. The summed E-state index contributed by atoms with van der Waals surface area (Å²) in [7, 11) is 0. The Kier molecular flexibility index (Phi) is 6.17. The lowest BCUT2D eigenvalue weighted by Crippen LogP contribution is -3.14. The number of urea groups is 1. The number of nitrogens with one attached hydrogen (secondary N) is 3. The van der Waals surface area contributed by atoms with Crippen molar-refractivity contribution in [3.8, 4) is 0 Å². The van der Waals surface area contributed by atoms with Crippen molar-refractivity contribution in [1.29, 1.82) is 0 Å². The molecule has 1 saturated heterocycles. The summed E-state index contributed by atoms with van der Waals surface area (Å²) in [6.07, 6.45) is 2.03. The van der Waals surface area contributed by atoms with Crippen molar-refractivity contribution >= 4 is 33.5 Å². The number of thiazole rings is 1. The average molecular weight is 410 g/mol. The number of fused-ring (bicyclic) bond motifs is 1. The van der Waals surface area contributed by atoms with Crippen molar-refractivity contribution < 1.29 is 14.5 Å². The zero-order valence-electron chi connectivity index (χ0n) is 16.2. The number of rotatable bonds is 5. The molecular weight excluding hydrogens is 384 g/mol. The van der Waals surface area contributed by atoms with Gasteiger partial charge in [0.1, 0.15) is 0 Å². The number of benzene rings is 2. The van der Waals surface area contributed by atoms with Crippen LogP contribution in [0.5, 0.6) is 0 Å². The van der Waals surface area contributed by atoms with E-state index in [2.05, 4.69) is 22.8 Å². The highest BCUT2D eigenvalue weighted by Crippen LogP contribution is 2.31. The number of quaternary nitrogens is 1. The minimum absolute atomic E-state index is 0.232. The van der Waals surface area contributed by atoms with Gasteiger partial charge in [0, 0.05) is 25.3 Å². The monoisotopic (exact) mass is 409 g/mol. The number of para-hydroxylation sites is 1. The van der Waals surface area contributed by atoms with Gasteiger partial charge in [-0.05, 0) is 17.7 Å². The number of likely N-dealkylation sites (tertiary alicyclic amines) is 1. The Balaban J connectivity index is 1.21. The van der Waals surface area contributed by atoms with Gasteiger partial charge in [0.15, 0.2) is 6.54 Å². The number of amides is 3. The van der Waals surface area contributed by atoms with E-state index < -0.39 is 6.03 Å². The molecule has 1 aromatic heterocycles. The van der Waals surface area contributed by atoms with Crippen molar-refractivity contribution in [3.63, 3.8) is 0 Å². The predicted molar refractivity (Wildman–Crippen MR) is 114 cm³/mol. The summed E-state index contributed by atoms with van der Waals surface area (Å²) in [5, 5.41) is 6.36. The van der Waals surface area contributed by atoms with Crippen molar-refractivity contribution in [2.24, 2.45) is 0 Å². The Morgan fingerprint density at radius 3 is 2.52 bits per heavy atom. The van der Waals surface area contributed by atoms with Gasteiger partial charge in [-0.1, -0.05) is 42.5 Å². The first-order valence-corrected chi connectivity index (χ1v) is 10.8. The fraction of sp³-hybridized carbons (Fsp3) is 0.318. The molecule has 3 N–H and O–H groups in total. The minimum Gasteiger partial charge on any atom is -0.334 e. The van der Waals surface area contributed by atoms with Crippen molar-refractivity contribution in [3.05, 3.63) is 65.2 Å². The summed E-state index contributed by atoms with van der Waals surface area (Å²) in [5.74, 6) is 0.234. The summed E-state index contributed by atoms with van der Waals surface area (Å²) in [5.41, 5.74) is 2.07. The van der Waals surface area contributed by atoms with Crippen LogP contribution in [0.1, 0.15) is 29.3 Å². The molecule has 0 unspecified atom stereocenters. The molecule has 7 heteroatoms. The van der Waals surface area contributed by atoms with Crippen LogP contribution in [0.2, 0.25) is 0 Å². The highest BCUT2D eigenvalue weighted by Gasteiger charge is 2.27. The maximum atomic E-state index is 12.2. The van der Waals surface area contributed by atoms with Gasteiger partial charge >= 0.3 is 6.03 Å². The van der Waals surface area contributed by atoms with Crippen molar-refractivity contribution in [1.82, 2.24) is 15.6 Å². The summed E-state index contributed by atoms with van der Waals surface area (Å²) >= 11 is 1.78. The first kappa shape index (κ1) is 19.5. The summed E-state index contributed by atoms with van der Waals surface area (Å²) in [4.78, 5) is 30.1. The Labute approximate surface area is 173 Å². The van der Waals surface area contributed by atoms with Crippen LogP contribution in [0.3, 0.4) is 0 Å². The molecule has 3 amide bonds. The Hall–Kier alpha value is -2.77. The zero-order valence-corrected chi connectivity index (χ0v) is 17.0. The van der Waals surface area contributed by atoms with E-state index in [0.717, 1.165) is 37.0 Å². The van der Waals surface area contributed by atoms with Gasteiger partial charge in [-0.3, -0.25) is 10.1 Å². The van der Waals surface area contributed by atoms with Gasteiger partial charge in [0.25, 0.3) is 5.91 Å². The number of hydrogen-bond donors (Lipinski definition) is 3. The minimum atomic E-state index is -0.442. The van der Waals surface area contributed by atoms with Crippen LogP contribution in [0, 0.1) is 0 Å². The lowest BCUT2D eigenvalue weighted by atomic mass is 9.97. The molecule has 2 aromatic carbocycles. The lowest BCUT2D eigenvalue weighted by molar-refractivity contribution is -0.897. The zero-order chi connectivity index (χ0) is 20.1. The second kappa shape index (κ2) is 9.15. The van der Waals surface area contributed by atoms with E-state index in [1.807, 2.05) is 42.5 Å². The SMILES string of the molecule is O=C(C[NH+]1CCC(c2nc3ccccc3s2)CC1)NC(=O)NCc1ccccc1. The smallest absolute Gasteiger partial charge is 0.321 e.